The highest BCUT2D eigenvalue weighted by Gasteiger charge is 2.23. The smallest absolute Gasteiger partial charge is 0.176 e. The summed E-state index contributed by atoms with van der Waals surface area (Å²) in [5, 5.41) is 3.36. The number of ether oxygens (including phenoxy) is 1. The van der Waals surface area contributed by atoms with Gasteiger partial charge in [0.2, 0.25) is 0 Å². The van der Waals surface area contributed by atoms with Gasteiger partial charge in [-0.25, -0.2) is 0 Å². The van der Waals surface area contributed by atoms with Crippen LogP contribution >= 0.6 is 0 Å². The molecule has 3 heteroatoms. The molecule has 0 atom stereocenters. The Hall–Kier alpha value is -1.35. The fourth-order valence-electron chi connectivity index (χ4n) is 2.57. The fourth-order valence-corrected chi connectivity index (χ4v) is 2.57. The van der Waals surface area contributed by atoms with E-state index in [1.807, 2.05) is 24.3 Å². The molecule has 0 spiro atoms. The van der Waals surface area contributed by atoms with Crippen LogP contribution in [0, 0.1) is 0 Å². The molecule has 0 unspecified atom stereocenters. The van der Waals surface area contributed by atoms with E-state index in [-0.39, 0.29) is 5.78 Å². The number of nitrogens with one attached hydrogen (secondary N) is 1. The number of hydrogen-bond acceptors (Lipinski definition) is 3. The molecule has 0 aromatic heterocycles. The van der Waals surface area contributed by atoms with Crippen LogP contribution in [0.15, 0.2) is 24.3 Å². The Kier molecular flexibility index (Phi) is 3.83. The molecule has 0 bridgehead atoms. The molecule has 1 aromatic rings. The number of benzene rings is 1. The molecule has 1 aromatic carbocycles. The second-order valence-corrected chi connectivity index (χ2v) is 5.63. The van der Waals surface area contributed by atoms with Gasteiger partial charge in [0.25, 0.3) is 0 Å². The minimum Gasteiger partial charge on any atom is -0.490 e. The Morgan fingerprint density at radius 1 is 1.11 bits per heavy atom. The third kappa shape index (κ3) is 3.57. The van der Waals surface area contributed by atoms with Gasteiger partial charge in [0, 0.05) is 11.6 Å². The molecule has 2 aliphatic carbocycles. The first kappa shape index (κ1) is 12.7. The Balaban J connectivity index is 1.50. The van der Waals surface area contributed by atoms with E-state index in [4.69, 9.17) is 4.74 Å². The van der Waals surface area contributed by atoms with E-state index in [0.29, 0.717) is 18.7 Å². The molecule has 102 valence electrons. The Bertz CT molecular complexity index is 431. The average molecular weight is 259 g/mol. The first-order chi connectivity index (χ1) is 9.31. The highest BCUT2D eigenvalue weighted by Crippen LogP contribution is 2.26. The Morgan fingerprint density at radius 3 is 2.42 bits per heavy atom. The van der Waals surface area contributed by atoms with Crippen molar-refractivity contribution < 1.29 is 9.53 Å². The lowest BCUT2D eigenvalue weighted by Crippen LogP contribution is -2.31. The first-order valence-corrected chi connectivity index (χ1v) is 7.34. The van der Waals surface area contributed by atoms with Gasteiger partial charge in [-0.15, -0.1) is 0 Å². The molecule has 19 heavy (non-hydrogen) atoms. The molecule has 0 aliphatic heterocycles. The maximum Gasteiger partial charge on any atom is 0.176 e. The normalized spacial score (nSPS) is 19.6. The molecule has 3 nitrogen and oxygen atoms in total. The van der Waals surface area contributed by atoms with Gasteiger partial charge in [-0.05, 0) is 49.9 Å². The summed E-state index contributed by atoms with van der Waals surface area (Å²) in [7, 11) is 0. The molecule has 3 rings (SSSR count). The highest BCUT2D eigenvalue weighted by molar-refractivity contribution is 5.97. The second kappa shape index (κ2) is 5.74. The average Bonchev–Trinajstić information content (AvgIpc) is 3.09. The van der Waals surface area contributed by atoms with Crippen molar-refractivity contribution in [2.24, 2.45) is 0 Å². The van der Waals surface area contributed by atoms with E-state index in [0.717, 1.165) is 24.2 Å². The highest BCUT2D eigenvalue weighted by atomic mass is 16.5. The topological polar surface area (TPSA) is 38.3 Å². The molecular formula is C16H21NO2. The predicted molar refractivity (Wildman–Crippen MR) is 74.7 cm³/mol. The summed E-state index contributed by atoms with van der Waals surface area (Å²) in [4.78, 5) is 12.0. The molecule has 0 amide bonds. The van der Waals surface area contributed by atoms with Gasteiger partial charge < -0.3 is 10.1 Å². The van der Waals surface area contributed by atoms with E-state index >= 15 is 0 Å². The van der Waals surface area contributed by atoms with Crippen LogP contribution < -0.4 is 10.1 Å². The molecular weight excluding hydrogens is 238 g/mol. The SMILES string of the molecule is O=C(CNC1CCCC1)c1ccc(OC2CC2)cc1. The quantitative estimate of drug-likeness (QED) is 0.798. The van der Waals surface area contributed by atoms with Crippen LogP contribution in [-0.4, -0.2) is 24.5 Å². The van der Waals surface area contributed by atoms with Crippen LogP contribution in [0.25, 0.3) is 0 Å². The number of carbonyl (C=O) groups excluding carboxylic acids is 1. The van der Waals surface area contributed by atoms with Crippen molar-refractivity contribution in [3.63, 3.8) is 0 Å². The summed E-state index contributed by atoms with van der Waals surface area (Å²) < 4.78 is 5.67. The zero-order valence-corrected chi connectivity index (χ0v) is 11.2. The van der Waals surface area contributed by atoms with Gasteiger partial charge in [-0.2, -0.15) is 0 Å². The van der Waals surface area contributed by atoms with Crippen LogP contribution in [0.2, 0.25) is 0 Å². The van der Waals surface area contributed by atoms with Crippen molar-refractivity contribution in [1.29, 1.82) is 0 Å². The molecule has 2 fully saturated rings. The van der Waals surface area contributed by atoms with Gasteiger partial charge in [0.05, 0.1) is 12.6 Å². The Labute approximate surface area is 114 Å². The van der Waals surface area contributed by atoms with Crippen LogP contribution in [0.5, 0.6) is 5.75 Å². The lowest BCUT2D eigenvalue weighted by molar-refractivity contribution is 0.0987. The summed E-state index contributed by atoms with van der Waals surface area (Å²) >= 11 is 0. The molecule has 0 radical (unpaired) electrons. The van der Waals surface area contributed by atoms with Gasteiger partial charge in [0.15, 0.2) is 5.78 Å². The lowest BCUT2D eigenvalue weighted by atomic mass is 10.1. The molecule has 2 aliphatic rings. The largest absolute Gasteiger partial charge is 0.490 e. The fraction of sp³-hybridized carbons (Fsp3) is 0.562. The van der Waals surface area contributed by atoms with Crippen molar-refractivity contribution in [1.82, 2.24) is 5.32 Å². The van der Waals surface area contributed by atoms with E-state index in [1.54, 1.807) is 0 Å². The summed E-state index contributed by atoms with van der Waals surface area (Å²) in [6.07, 6.45) is 7.73. The van der Waals surface area contributed by atoms with Crippen molar-refractivity contribution in [2.75, 3.05) is 6.54 Å². The molecule has 0 heterocycles. The van der Waals surface area contributed by atoms with Gasteiger partial charge >= 0.3 is 0 Å². The standard InChI is InChI=1S/C16H21NO2/c18-16(11-17-13-3-1-2-4-13)12-5-7-14(8-6-12)19-15-9-10-15/h5-8,13,15,17H,1-4,9-11H2. The lowest BCUT2D eigenvalue weighted by Gasteiger charge is -2.11. The molecule has 0 saturated heterocycles. The van der Waals surface area contributed by atoms with Crippen LogP contribution in [0.3, 0.4) is 0 Å². The number of ketones is 1. The van der Waals surface area contributed by atoms with Gasteiger partial charge in [-0.1, -0.05) is 12.8 Å². The summed E-state index contributed by atoms with van der Waals surface area (Å²) in [5.41, 5.74) is 0.772. The summed E-state index contributed by atoms with van der Waals surface area (Å²) in [6.45, 7) is 0.452. The van der Waals surface area contributed by atoms with Gasteiger partial charge in [0.1, 0.15) is 5.75 Å². The first-order valence-electron chi connectivity index (χ1n) is 7.34. The number of rotatable bonds is 6. The monoisotopic (exact) mass is 259 g/mol. The second-order valence-electron chi connectivity index (χ2n) is 5.63. The van der Waals surface area contributed by atoms with E-state index in [9.17, 15) is 4.79 Å². The number of hydrogen-bond donors (Lipinski definition) is 1. The van der Waals surface area contributed by atoms with Crippen LogP contribution in [0.4, 0.5) is 0 Å². The number of carbonyl (C=O) groups is 1. The minimum atomic E-state index is 0.171. The molecule has 2 saturated carbocycles. The third-order valence-corrected chi connectivity index (χ3v) is 3.91. The maximum atomic E-state index is 12.0. The van der Waals surface area contributed by atoms with Crippen molar-refractivity contribution in [3.8, 4) is 5.75 Å². The summed E-state index contributed by atoms with van der Waals surface area (Å²) in [6, 6.07) is 8.09. The van der Waals surface area contributed by atoms with Crippen LogP contribution in [0.1, 0.15) is 48.9 Å². The van der Waals surface area contributed by atoms with E-state index in [2.05, 4.69) is 5.32 Å². The van der Waals surface area contributed by atoms with E-state index in [1.165, 1.54) is 25.7 Å². The van der Waals surface area contributed by atoms with Crippen molar-refractivity contribution in [2.45, 2.75) is 50.7 Å². The molecule has 1 N–H and O–H groups in total. The zero-order valence-electron chi connectivity index (χ0n) is 11.2. The van der Waals surface area contributed by atoms with Gasteiger partial charge in [-0.3, -0.25) is 4.79 Å². The third-order valence-electron chi connectivity index (χ3n) is 3.91. The zero-order chi connectivity index (χ0) is 13.1. The maximum absolute atomic E-state index is 12.0. The van der Waals surface area contributed by atoms with Crippen LogP contribution in [-0.2, 0) is 0 Å². The predicted octanol–water partition coefficient (Wildman–Crippen LogP) is 2.94. The minimum absolute atomic E-state index is 0.171. The summed E-state index contributed by atoms with van der Waals surface area (Å²) in [5.74, 6) is 1.05. The van der Waals surface area contributed by atoms with E-state index < -0.39 is 0 Å². The van der Waals surface area contributed by atoms with Crippen molar-refractivity contribution in [3.05, 3.63) is 29.8 Å². The Morgan fingerprint density at radius 2 is 1.79 bits per heavy atom. The van der Waals surface area contributed by atoms with Crippen molar-refractivity contribution >= 4 is 5.78 Å². The number of Topliss-reactive ketones (excluding diaryl/α,β-unsaturated/α-hetero) is 1.